The van der Waals surface area contributed by atoms with Gasteiger partial charge in [-0.1, -0.05) is 37.3 Å². The van der Waals surface area contributed by atoms with Gasteiger partial charge in [0.2, 0.25) is 0 Å². The van der Waals surface area contributed by atoms with Crippen molar-refractivity contribution >= 4 is 8.80 Å². The fourth-order valence-electron chi connectivity index (χ4n) is 2.25. The lowest BCUT2D eigenvalue weighted by molar-refractivity contribution is 0.0624. The van der Waals surface area contributed by atoms with Crippen LogP contribution in [0.3, 0.4) is 0 Å². The molecule has 108 valence electrons. The summed E-state index contributed by atoms with van der Waals surface area (Å²) >= 11 is 0. The topological polar surface area (TPSA) is 27.7 Å². The van der Waals surface area contributed by atoms with Gasteiger partial charge in [-0.3, -0.25) is 0 Å². The van der Waals surface area contributed by atoms with Crippen molar-refractivity contribution in [1.82, 2.24) is 0 Å². The Kier molecular flexibility index (Phi) is 7.31. The van der Waals surface area contributed by atoms with Crippen LogP contribution in [0.2, 0.25) is 5.54 Å². The molecule has 0 amide bonds. The van der Waals surface area contributed by atoms with E-state index in [9.17, 15) is 0 Å². The maximum atomic E-state index is 5.94. The lowest BCUT2D eigenvalue weighted by Gasteiger charge is -2.33. The molecule has 4 heteroatoms. The summed E-state index contributed by atoms with van der Waals surface area (Å²) in [4.78, 5) is 0. The van der Waals surface area contributed by atoms with E-state index in [1.165, 1.54) is 5.56 Å². The van der Waals surface area contributed by atoms with Crippen LogP contribution in [0.25, 0.3) is 0 Å². The maximum Gasteiger partial charge on any atom is 0.504 e. The molecule has 1 rings (SSSR count). The third-order valence-electron chi connectivity index (χ3n) is 3.02. The van der Waals surface area contributed by atoms with Crippen molar-refractivity contribution in [3.8, 4) is 0 Å². The van der Waals surface area contributed by atoms with E-state index in [2.05, 4.69) is 31.2 Å². The second kappa shape index (κ2) is 8.48. The fourth-order valence-corrected chi connectivity index (χ4v) is 5.04. The first-order valence-corrected chi connectivity index (χ1v) is 8.94. The van der Waals surface area contributed by atoms with Crippen LogP contribution in [0.5, 0.6) is 0 Å². The van der Waals surface area contributed by atoms with Gasteiger partial charge in [-0.15, -0.1) is 0 Å². The Labute approximate surface area is 118 Å². The van der Waals surface area contributed by atoms with Gasteiger partial charge < -0.3 is 13.3 Å². The third kappa shape index (κ3) is 4.73. The Hall–Kier alpha value is -0.683. The van der Waals surface area contributed by atoms with E-state index in [-0.39, 0.29) is 5.54 Å². The lowest BCUT2D eigenvalue weighted by atomic mass is 10.1. The second-order valence-electron chi connectivity index (χ2n) is 4.49. The van der Waals surface area contributed by atoms with Crippen molar-refractivity contribution < 1.29 is 13.3 Å². The smallest absolute Gasteiger partial charge is 0.374 e. The first-order valence-electron chi connectivity index (χ1n) is 7.14. The first kappa shape index (κ1) is 16.4. The van der Waals surface area contributed by atoms with E-state index in [4.69, 9.17) is 13.3 Å². The largest absolute Gasteiger partial charge is 0.504 e. The average molecular weight is 282 g/mol. The van der Waals surface area contributed by atoms with Gasteiger partial charge in [-0.05, 0) is 32.8 Å². The Morgan fingerprint density at radius 3 is 1.79 bits per heavy atom. The summed E-state index contributed by atoms with van der Waals surface area (Å²) in [6.07, 6.45) is 0.924. The normalized spacial score (nSPS) is 13.5. The maximum absolute atomic E-state index is 5.94. The highest BCUT2D eigenvalue weighted by atomic mass is 28.4. The number of hydrogen-bond acceptors (Lipinski definition) is 3. The molecule has 0 N–H and O–H groups in total. The van der Waals surface area contributed by atoms with Gasteiger partial charge in [0, 0.05) is 25.4 Å². The van der Waals surface area contributed by atoms with Crippen molar-refractivity contribution in [1.29, 1.82) is 0 Å². The van der Waals surface area contributed by atoms with Crippen molar-refractivity contribution in [3.05, 3.63) is 35.9 Å². The van der Waals surface area contributed by atoms with Crippen LogP contribution in [0, 0.1) is 0 Å². The molecule has 0 spiro atoms. The van der Waals surface area contributed by atoms with Crippen LogP contribution in [0.4, 0.5) is 0 Å². The van der Waals surface area contributed by atoms with Crippen LogP contribution >= 0.6 is 0 Å². The lowest BCUT2D eigenvalue weighted by Crippen LogP contribution is -2.50. The Morgan fingerprint density at radius 2 is 1.37 bits per heavy atom. The van der Waals surface area contributed by atoms with Gasteiger partial charge in [-0.2, -0.15) is 0 Å². The van der Waals surface area contributed by atoms with Crippen LogP contribution in [-0.4, -0.2) is 28.6 Å². The summed E-state index contributed by atoms with van der Waals surface area (Å²) in [5.41, 5.74) is 1.56. The molecule has 3 nitrogen and oxygen atoms in total. The first-order chi connectivity index (χ1) is 9.18. The van der Waals surface area contributed by atoms with E-state index in [1.807, 2.05) is 26.8 Å². The summed E-state index contributed by atoms with van der Waals surface area (Å²) in [5.74, 6) is 0. The van der Waals surface area contributed by atoms with Gasteiger partial charge in [0.15, 0.2) is 0 Å². The predicted molar refractivity (Wildman–Crippen MR) is 80.2 cm³/mol. The summed E-state index contributed by atoms with van der Waals surface area (Å²) in [6, 6.07) is 10.4. The van der Waals surface area contributed by atoms with Gasteiger partial charge >= 0.3 is 8.80 Å². The summed E-state index contributed by atoms with van der Waals surface area (Å²) in [6.45, 7) is 10.0. The highest BCUT2D eigenvalue weighted by Gasteiger charge is 2.46. The van der Waals surface area contributed by atoms with Crippen LogP contribution in [-0.2, 0) is 19.7 Å². The third-order valence-corrected chi connectivity index (χ3v) is 6.51. The van der Waals surface area contributed by atoms with Crippen molar-refractivity contribution in [2.24, 2.45) is 0 Å². The van der Waals surface area contributed by atoms with Crippen molar-refractivity contribution in [3.63, 3.8) is 0 Å². The van der Waals surface area contributed by atoms with Crippen LogP contribution < -0.4 is 0 Å². The standard InChI is InChI=1S/C15H26O3Si/c1-5-16-19(17-6-2,18-7-3)14(4)13-15-11-9-8-10-12-15/h8-12,14H,5-7,13H2,1-4H3. The van der Waals surface area contributed by atoms with Crippen LogP contribution in [0.15, 0.2) is 30.3 Å². The molecule has 0 aromatic heterocycles. The summed E-state index contributed by atoms with van der Waals surface area (Å²) in [5, 5.41) is 0. The highest BCUT2D eigenvalue weighted by molar-refractivity contribution is 6.62. The van der Waals surface area contributed by atoms with E-state index in [0.717, 1.165) is 6.42 Å². The highest BCUT2D eigenvalue weighted by Crippen LogP contribution is 2.29. The minimum absolute atomic E-state index is 0.259. The molecule has 0 saturated carbocycles. The molecule has 0 bridgehead atoms. The molecule has 0 fully saturated rings. The van der Waals surface area contributed by atoms with Gasteiger partial charge in [-0.25, -0.2) is 0 Å². The quantitative estimate of drug-likeness (QED) is 0.647. The molecular formula is C15H26O3Si. The zero-order valence-corrected chi connectivity index (χ0v) is 13.5. The summed E-state index contributed by atoms with van der Waals surface area (Å²) < 4.78 is 17.8. The van der Waals surface area contributed by atoms with Gasteiger partial charge in [0.25, 0.3) is 0 Å². The monoisotopic (exact) mass is 282 g/mol. The van der Waals surface area contributed by atoms with Crippen molar-refractivity contribution in [2.45, 2.75) is 39.7 Å². The molecule has 1 unspecified atom stereocenters. The SMILES string of the molecule is CCO[Si](OCC)(OCC)C(C)Cc1ccccc1. The average Bonchev–Trinajstić information content (AvgIpc) is 2.40. The molecule has 0 heterocycles. The minimum atomic E-state index is -2.58. The van der Waals surface area contributed by atoms with E-state index < -0.39 is 8.80 Å². The molecule has 0 radical (unpaired) electrons. The molecule has 1 atom stereocenters. The van der Waals surface area contributed by atoms with Gasteiger partial charge in [0.05, 0.1) is 0 Å². The Morgan fingerprint density at radius 1 is 0.895 bits per heavy atom. The van der Waals surface area contributed by atoms with E-state index in [0.29, 0.717) is 19.8 Å². The Bertz CT molecular complexity index is 325. The molecular weight excluding hydrogens is 256 g/mol. The minimum Gasteiger partial charge on any atom is -0.374 e. The zero-order chi connectivity index (χ0) is 14.1. The zero-order valence-electron chi connectivity index (χ0n) is 12.5. The predicted octanol–water partition coefficient (Wildman–Crippen LogP) is 3.67. The second-order valence-corrected chi connectivity index (χ2v) is 7.55. The molecule has 0 aliphatic heterocycles. The molecule has 1 aromatic carbocycles. The van der Waals surface area contributed by atoms with E-state index in [1.54, 1.807) is 0 Å². The van der Waals surface area contributed by atoms with E-state index >= 15 is 0 Å². The number of benzene rings is 1. The molecule has 0 saturated heterocycles. The van der Waals surface area contributed by atoms with Crippen molar-refractivity contribution in [2.75, 3.05) is 19.8 Å². The molecule has 0 aliphatic carbocycles. The number of rotatable bonds is 9. The molecule has 0 aliphatic rings. The van der Waals surface area contributed by atoms with Crippen LogP contribution in [0.1, 0.15) is 33.3 Å². The Balaban J connectivity index is 2.82. The number of hydrogen-bond donors (Lipinski definition) is 0. The molecule has 19 heavy (non-hydrogen) atoms. The summed E-state index contributed by atoms with van der Waals surface area (Å²) in [7, 11) is -2.58. The fraction of sp³-hybridized carbons (Fsp3) is 0.600. The molecule has 1 aromatic rings. The van der Waals surface area contributed by atoms with Gasteiger partial charge in [0.1, 0.15) is 0 Å².